The Balaban J connectivity index is 1.53. The number of rotatable bonds is 4. The molecule has 2 fully saturated rings. The van der Waals surface area contributed by atoms with Gasteiger partial charge in [-0.15, -0.1) is 0 Å². The van der Waals surface area contributed by atoms with Gasteiger partial charge in [-0.1, -0.05) is 0 Å². The Hall–Kier alpha value is -2.11. The molecule has 1 aromatic carbocycles. The molecule has 3 rings (SSSR count). The van der Waals surface area contributed by atoms with Gasteiger partial charge in [-0.3, -0.25) is 9.59 Å². The third-order valence-corrected chi connectivity index (χ3v) is 4.52. The molecule has 0 aromatic heterocycles. The Morgan fingerprint density at radius 1 is 1.17 bits per heavy atom. The van der Waals surface area contributed by atoms with Crippen LogP contribution in [-0.2, 0) is 9.59 Å². The van der Waals surface area contributed by atoms with Crippen LogP contribution in [0.4, 0.5) is 10.1 Å². The average Bonchev–Trinajstić information content (AvgIpc) is 3.39. The summed E-state index contributed by atoms with van der Waals surface area (Å²) < 4.78 is 18.5. The summed E-state index contributed by atoms with van der Waals surface area (Å²) in [7, 11) is 1.40. The number of ether oxygens (including phenoxy) is 1. The zero-order valence-electron chi connectivity index (χ0n) is 13.2. The molecule has 0 atom stereocenters. The fraction of sp³-hybridized carbons (Fsp3) is 0.529. The molecular weight excluding hydrogens is 299 g/mol. The molecule has 0 bridgehead atoms. The van der Waals surface area contributed by atoms with Crippen molar-refractivity contribution in [3.05, 3.63) is 24.0 Å². The molecule has 0 spiro atoms. The van der Waals surface area contributed by atoms with Crippen LogP contribution in [0.25, 0.3) is 0 Å². The van der Waals surface area contributed by atoms with Crippen molar-refractivity contribution in [2.45, 2.75) is 25.7 Å². The summed E-state index contributed by atoms with van der Waals surface area (Å²) >= 11 is 0. The summed E-state index contributed by atoms with van der Waals surface area (Å²) in [4.78, 5) is 26.2. The highest BCUT2D eigenvalue weighted by Gasteiger charge is 2.35. The predicted molar refractivity (Wildman–Crippen MR) is 83.6 cm³/mol. The van der Waals surface area contributed by atoms with Crippen LogP contribution in [0, 0.1) is 17.7 Å². The largest absolute Gasteiger partial charge is 0.494 e. The van der Waals surface area contributed by atoms with Crippen molar-refractivity contribution in [1.29, 1.82) is 0 Å². The smallest absolute Gasteiger partial charge is 0.227 e. The number of hydrogen-bond acceptors (Lipinski definition) is 3. The van der Waals surface area contributed by atoms with E-state index < -0.39 is 5.82 Å². The van der Waals surface area contributed by atoms with Crippen molar-refractivity contribution < 1.29 is 18.7 Å². The van der Waals surface area contributed by atoms with Crippen LogP contribution in [0.15, 0.2) is 18.2 Å². The summed E-state index contributed by atoms with van der Waals surface area (Å²) in [6.45, 7) is 1.26. The summed E-state index contributed by atoms with van der Waals surface area (Å²) in [5, 5.41) is 2.75. The lowest BCUT2D eigenvalue weighted by molar-refractivity contribution is -0.135. The molecular formula is C17H21FN2O3. The van der Waals surface area contributed by atoms with E-state index in [4.69, 9.17) is 4.74 Å². The summed E-state index contributed by atoms with van der Waals surface area (Å²) in [6, 6.07) is 4.36. The maximum atomic E-state index is 13.6. The molecule has 1 aliphatic carbocycles. The monoisotopic (exact) mass is 320 g/mol. The van der Waals surface area contributed by atoms with E-state index in [-0.39, 0.29) is 29.4 Å². The van der Waals surface area contributed by atoms with Crippen LogP contribution in [-0.4, -0.2) is 36.9 Å². The first kappa shape index (κ1) is 15.8. The van der Waals surface area contributed by atoms with Crippen molar-refractivity contribution in [2.75, 3.05) is 25.5 Å². The van der Waals surface area contributed by atoms with Gasteiger partial charge in [0.05, 0.1) is 7.11 Å². The number of carbonyl (C=O) groups is 2. The minimum Gasteiger partial charge on any atom is -0.494 e. The Labute approximate surface area is 134 Å². The van der Waals surface area contributed by atoms with Crippen molar-refractivity contribution in [3.63, 3.8) is 0 Å². The van der Waals surface area contributed by atoms with Gasteiger partial charge < -0.3 is 15.0 Å². The van der Waals surface area contributed by atoms with E-state index in [9.17, 15) is 14.0 Å². The SMILES string of the molecule is COc1ccc(NC(=O)C2CCN(C(=O)C3CC3)CC2)cc1F. The van der Waals surface area contributed by atoms with Gasteiger partial charge in [-0.05, 0) is 37.8 Å². The fourth-order valence-corrected chi connectivity index (χ4v) is 2.94. The Morgan fingerprint density at radius 3 is 2.43 bits per heavy atom. The number of nitrogens with zero attached hydrogens (tertiary/aromatic N) is 1. The van der Waals surface area contributed by atoms with Gasteiger partial charge in [0.2, 0.25) is 11.8 Å². The van der Waals surface area contributed by atoms with E-state index in [0.29, 0.717) is 31.6 Å². The number of hydrogen-bond donors (Lipinski definition) is 1. The predicted octanol–water partition coefficient (Wildman–Crippen LogP) is 2.42. The zero-order chi connectivity index (χ0) is 16.4. The van der Waals surface area contributed by atoms with E-state index >= 15 is 0 Å². The maximum absolute atomic E-state index is 13.6. The van der Waals surface area contributed by atoms with Gasteiger partial charge in [0, 0.05) is 36.7 Å². The second-order valence-electron chi connectivity index (χ2n) is 6.21. The number of methoxy groups -OCH3 is 1. The lowest BCUT2D eigenvalue weighted by Gasteiger charge is -2.31. The number of piperidine rings is 1. The molecule has 0 unspecified atom stereocenters. The van der Waals surface area contributed by atoms with E-state index in [1.54, 1.807) is 6.07 Å². The minimum absolute atomic E-state index is 0.118. The van der Waals surface area contributed by atoms with Crippen LogP contribution in [0.1, 0.15) is 25.7 Å². The first-order valence-electron chi connectivity index (χ1n) is 8.01. The van der Waals surface area contributed by atoms with Crippen molar-refractivity contribution in [2.24, 2.45) is 11.8 Å². The third-order valence-electron chi connectivity index (χ3n) is 4.52. The van der Waals surface area contributed by atoms with Crippen molar-refractivity contribution in [3.8, 4) is 5.75 Å². The molecule has 1 saturated heterocycles. The van der Waals surface area contributed by atoms with Crippen LogP contribution in [0.5, 0.6) is 5.75 Å². The third kappa shape index (κ3) is 3.63. The first-order chi connectivity index (χ1) is 11.1. The summed E-state index contributed by atoms with van der Waals surface area (Å²) in [5.74, 6) is -0.148. The topological polar surface area (TPSA) is 58.6 Å². The molecule has 1 aliphatic heterocycles. The van der Waals surface area contributed by atoms with E-state index in [1.165, 1.54) is 19.2 Å². The Bertz CT molecular complexity index is 608. The zero-order valence-corrected chi connectivity index (χ0v) is 13.2. The van der Waals surface area contributed by atoms with Gasteiger partial charge in [-0.25, -0.2) is 4.39 Å². The number of halogens is 1. The minimum atomic E-state index is -0.504. The maximum Gasteiger partial charge on any atom is 0.227 e. The van der Waals surface area contributed by atoms with Gasteiger partial charge in [0.1, 0.15) is 0 Å². The lowest BCUT2D eigenvalue weighted by Crippen LogP contribution is -2.42. The van der Waals surface area contributed by atoms with Gasteiger partial charge in [-0.2, -0.15) is 0 Å². The second kappa shape index (κ2) is 6.56. The molecule has 2 amide bonds. The molecule has 6 heteroatoms. The normalized spacial score (nSPS) is 18.6. The molecule has 5 nitrogen and oxygen atoms in total. The van der Waals surface area contributed by atoms with Gasteiger partial charge in [0.15, 0.2) is 11.6 Å². The summed E-state index contributed by atoms with van der Waals surface area (Å²) in [6.07, 6.45) is 3.32. The molecule has 1 heterocycles. The first-order valence-corrected chi connectivity index (χ1v) is 8.01. The number of amides is 2. The number of anilines is 1. The second-order valence-corrected chi connectivity index (χ2v) is 6.21. The van der Waals surface area contributed by atoms with E-state index in [2.05, 4.69) is 5.32 Å². The number of likely N-dealkylation sites (tertiary alicyclic amines) is 1. The van der Waals surface area contributed by atoms with E-state index in [0.717, 1.165) is 12.8 Å². The van der Waals surface area contributed by atoms with Crippen molar-refractivity contribution >= 4 is 17.5 Å². The van der Waals surface area contributed by atoms with Crippen LogP contribution in [0.3, 0.4) is 0 Å². The molecule has 0 radical (unpaired) electrons. The van der Waals surface area contributed by atoms with E-state index in [1.807, 2.05) is 4.90 Å². The van der Waals surface area contributed by atoms with Crippen LogP contribution >= 0.6 is 0 Å². The fourth-order valence-electron chi connectivity index (χ4n) is 2.94. The molecule has 1 N–H and O–H groups in total. The molecule has 2 aliphatic rings. The molecule has 1 saturated carbocycles. The standard InChI is InChI=1S/C17H21FN2O3/c1-23-15-5-4-13(10-14(15)18)19-16(21)11-6-8-20(9-7-11)17(22)12-2-3-12/h4-5,10-12H,2-3,6-9H2,1H3,(H,19,21). The Morgan fingerprint density at radius 2 is 1.87 bits per heavy atom. The number of nitrogens with one attached hydrogen (secondary N) is 1. The van der Waals surface area contributed by atoms with Crippen LogP contribution in [0.2, 0.25) is 0 Å². The van der Waals surface area contributed by atoms with Crippen molar-refractivity contribution in [1.82, 2.24) is 4.90 Å². The van der Waals surface area contributed by atoms with Gasteiger partial charge >= 0.3 is 0 Å². The lowest BCUT2D eigenvalue weighted by atomic mass is 9.95. The number of benzene rings is 1. The highest BCUT2D eigenvalue weighted by molar-refractivity contribution is 5.93. The summed E-state index contributed by atoms with van der Waals surface area (Å²) in [5.41, 5.74) is 0.421. The quantitative estimate of drug-likeness (QED) is 0.927. The highest BCUT2D eigenvalue weighted by atomic mass is 19.1. The molecule has 124 valence electrons. The average molecular weight is 320 g/mol. The van der Waals surface area contributed by atoms with Crippen LogP contribution < -0.4 is 10.1 Å². The highest BCUT2D eigenvalue weighted by Crippen LogP contribution is 2.32. The molecule has 23 heavy (non-hydrogen) atoms. The van der Waals surface area contributed by atoms with Gasteiger partial charge in [0.25, 0.3) is 0 Å². The molecule has 1 aromatic rings. The Kier molecular flexibility index (Phi) is 4.50. The number of carbonyl (C=O) groups excluding carboxylic acids is 2.